The Bertz CT molecular complexity index is 1160. The Labute approximate surface area is 177 Å². The van der Waals surface area contributed by atoms with Crippen LogP contribution in [0.5, 0.6) is 5.75 Å². The van der Waals surface area contributed by atoms with Gasteiger partial charge in [-0.3, -0.25) is 9.78 Å². The monoisotopic (exact) mass is 398 g/mol. The predicted octanol–water partition coefficient (Wildman–Crippen LogP) is 5.39. The van der Waals surface area contributed by atoms with Crippen molar-refractivity contribution in [3.63, 3.8) is 0 Å². The van der Waals surface area contributed by atoms with E-state index in [0.717, 1.165) is 46.4 Å². The highest BCUT2D eigenvalue weighted by molar-refractivity contribution is 5.97. The van der Waals surface area contributed by atoms with Gasteiger partial charge >= 0.3 is 0 Å². The van der Waals surface area contributed by atoms with Gasteiger partial charge in [0.15, 0.2) is 0 Å². The number of nitrogens with one attached hydrogen (secondary N) is 1. The molecule has 0 unspecified atom stereocenters. The summed E-state index contributed by atoms with van der Waals surface area (Å²) in [5.41, 5.74) is 4.56. The van der Waals surface area contributed by atoms with E-state index in [1.165, 1.54) is 12.8 Å². The van der Waals surface area contributed by atoms with Gasteiger partial charge < -0.3 is 10.1 Å². The molecule has 2 saturated carbocycles. The summed E-state index contributed by atoms with van der Waals surface area (Å²) in [5.74, 6) is 1.36. The number of pyridine rings is 1. The van der Waals surface area contributed by atoms with Crippen molar-refractivity contribution in [2.45, 2.75) is 38.1 Å². The molecule has 1 aromatic heterocycles. The Morgan fingerprint density at radius 3 is 2.77 bits per heavy atom. The van der Waals surface area contributed by atoms with Crippen LogP contribution >= 0.6 is 0 Å². The van der Waals surface area contributed by atoms with E-state index in [1.807, 2.05) is 37.4 Å². The molecule has 1 amide bonds. The Morgan fingerprint density at radius 2 is 2.03 bits per heavy atom. The third-order valence-electron chi connectivity index (χ3n) is 6.23. The molecule has 3 aromatic rings. The van der Waals surface area contributed by atoms with E-state index in [4.69, 9.17) is 4.74 Å². The first kappa shape index (κ1) is 18.9. The van der Waals surface area contributed by atoms with Crippen LogP contribution in [0.1, 0.15) is 52.7 Å². The van der Waals surface area contributed by atoms with E-state index in [2.05, 4.69) is 40.7 Å². The van der Waals surface area contributed by atoms with Crippen LogP contribution in [0.3, 0.4) is 0 Å². The van der Waals surface area contributed by atoms with Crippen LogP contribution in [0.25, 0.3) is 17.0 Å². The zero-order valence-corrected chi connectivity index (χ0v) is 17.4. The van der Waals surface area contributed by atoms with E-state index in [9.17, 15) is 4.79 Å². The molecule has 2 aliphatic carbocycles. The van der Waals surface area contributed by atoms with Gasteiger partial charge in [0.2, 0.25) is 0 Å². The van der Waals surface area contributed by atoms with Crippen LogP contribution in [-0.2, 0) is 5.54 Å². The largest absolute Gasteiger partial charge is 0.497 e. The minimum Gasteiger partial charge on any atom is -0.497 e. The zero-order valence-electron chi connectivity index (χ0n) is 17.4. The van der Waals surface area contributed by atoms with Crippen molar-refractivity contribution in [1.82, 2.24) is 10.3 Å². The zero-order chi connectivity index (χ0) is 20.7. The van der Waals surface area contributed by atoms with Crippen LogP contribution in [0.4, 0.5) is 0 Å². The number of rotatable bonds is 6. The molecule has 2 aromatic carbocycles. The first-order valence-electron chi connectivity index (χ1n) is 10.6. The molecule has 152 valence electrons. The molecular formula is C26H26N2O2. The number of allylic oxidation sites excluding steroid dienone is 1. The number of hydrogen-bond acceptors (Lipinski definition) is 3. The fourth-order valence-electron chi connectivity index (χ4n) is 4.08. The van der Waals surface area contributed by atoms with Crippen molar-refractivity contribution < 1.29 is 9.53 Å². The van der Waals surface area contributed by atoms with Crippen molar-refractivity contribution in [1.29, 1.82) is 0 Å². The Kier molecular flexibility index (Phi) is 4.58. The number of nitrogens with zero attached hydrogens (tertiary/aromatic N) is 1. The van der Waals surface area contributed by atoms with E-state index >= 15 is 0 Å². The fraction of sp³-hybridized carbons (Fsp3) is 0.308. The van der Waals surface area contributed by atoms with Crippen molar-refractivity contribution >= 4 is 22.9 Å². The minimum atomic E-state index is -0.336. The topological polar surface area (TPSA) is 51.2 Å². The number of carbonyl (C=O) groups is 1. The number of fused-ring (bicyclic) bond motifs is 1. The highest BCUT2D eigenvalue weighted by Crippen LogP contribution is 2.48. The molecule has 0 spiro atoms. The summed E-state index contributed by atoms with van der Waals surface area (Å²) < 4.78 is 5.32. The van der Waals surface area contributed by atoms with Gasteiger partial charge in [0.05, 0.1) is 18.2 Å². The van der Waals surface area contributed by atoms with E-state index in [1.54, 1.807) is 7.11 Å². The molecule has 0 aliphatic heterocycles. The summed E-state index contributed by atoms with van der Waals surface area (Å²) in [6.45, 7) is 1.95. The fourth-order valence-corrected chi connectivity index (χ4v) is 4.08. The number of carbonyl (C=O) groups excluding carboxylic acids is 1. The second kappa shape index (κ2) is 7.28. The molecule has 0 radical (unpaired) electrons. The second-order valence-corrected chi connectivity index (χ2v) is 8.55. The van der Waals surface area contributed by atoms with E-state index in [0.29, 0.717) is 11.3 Å². The van der Waals surface area contributed by atoms with Gasteiger partial charge in [0.25, 0.3) is 5.91 Å². The third kappa shape index (κ3) is 3.58. The molecule has 5 rings (SSSR count). The standard InChI is InChI=1S/C26H26N2O2/c1-17-5-10-20(30-2)16-22(17)25(29)28-26(11-12-26)23-14-19(9-8-18-6-7-18)15-24-21(23)4-3-13-27-24/h3-5,8-10,13-16,18H,6-7,11-12H2,1-2H3,(H,28,29)/b9-8+. The van der Waals surface area contributed by atoms with E-state index < -0.39 is 0 Å². The Hall–Kier alpha value is -3.14. The van der Waals surface area contributed by atoms with Crippen molar-refractivity contribution in [2.75, 3.05) is 7.11 Å². The normalized spacial score (nSPS) is 17.3. The molecule has 0 bridgehead atoms. The SMILES string of the molecule is COc1ccc(C)c(C(=O)NC2(c3cc(/C=C/C4CC4)cc4ncccc34)CC2)c1. The maximum atomic E-state index is 13.2. The molecule has 4 nitrogen and oxygen atoms in total. The van der Waals surface area contributed by atoms with E-state index in [-0.39, 0.29) is 11.4 Å². The number of ether oxygens (including phenoxy) is 1. The summed E-state index contributed by atoms with van der Waals surface area (Å²) >= 11 is 0. The van der Waals surface area contributed by atoms with Crippen molar-refractivity contribution in [3.8, 4) is 5.75 Å². The molecule has 0 atom stereocenters. The maximum absolute atomic E-state index is 13.2. The molecule has 1 heterocycles. The lowest BCUT2D eigenvalue weighted by Crippen LogP contribution is -2.35. The number of benzene rings is 2. The molecule has 30 heavy (non-hydrogen) atoms. The average Bonchev–Trinajstić information content (AvgIpc) is 3.68. The van der Waals surface area contributed by atoms with Crippen LogP contribution in [0.2, 0.25) is 0 Å². The van der Waals surface area contributed by atoms with Crippen LogP contribution < -0.4 is 10.1 Å². The first-order valence-corrected chi connectivity index (χ1v) is 10.6. The van der Waals surface area contributed by atoms with Crippen molar-refractivity contribution in [3.05, 3.63) is 77.0 Å². The smallest absolute Gasteiger partial charge is 0.252 e. The van der Waals surface area contributed by atoms with Gasteiger partial charge in [-0.1, -0.05) is 24.3 Å². The van der Waals surface area contributed by atoms with Crippen LogP contribution in [0.15, 0.2) is 54.7 Å². The summed E-state index contributed by atoms with van der Waals surface area (Å²) in [6, 6.07) is 14.1. The molecule has 0 saturated heterocycles. The quantitative estimate of drug-likeness (QED) is 0.605. The lowest BCUT2D eigenvalue weighted by Gasteiger charge is -2.21. The molecule has 4 heteroatoms. The van der Waals surface area contributed by atoms with Crippen LogP contribution in [-0.4, -0.2) is 18.0 Å². The number of hydrogen-bond donors (Lipinski definition) is 1. The minimum absolute atomic E-state index is 0.0557. The Morgan fingerprint density at radius 1 is 1.20 bits per heavy atom. The summed E-state index contributed by atoms with van der Waals surface area (Å²) in [4.78, 5) is 17.8. The number of amides is 1. The second-order valence-electron chi connectivity index (χ2n) is 8.55. The van der Waals surface area contributed by atoms with Gasteiger partial charge in [0.1, 0.15) is 5.75 Å². The summed E-state index contributed by atoms with van der Waals surface area (Å²) in [7, 11) is 1.62. The summed E-state index contributed by atoms with van der Waals surface area (Å²) in [6.07, 6.45) is 10.8. The predicted molar refractivity (Wildman–Crippen MR) is 120 cm³/mol. The average molecular weight is 399 g/mol. The third-order valence-corrected chi connectivity index (χ3v) is 6.23. The van der Waals surface area contributed by atoms with Gasteiger partial charge in [-0.15, -0.1) is 0 Å². The molecule has 1 N–H and O–H groups in total. The highest BCUT2D eigenvalue weighted by Gasteiger charge is 2.47. The lowest BCUT2D eigenvalue weighted by molar-refractivity contribution is 0.0930. The first-order chi connectivity index (χ1) is 14.6. The molecular weight excluding hydrogens is 372 g/mol. The number of aromatic nitrogens is 1. The van der Waals surface area contributed by atoms with Crippen molar-refractivity contribution in [2.24, 2.45) is 5.92 Å². The summed E-state index contributed by atoms with van der Waals surface area (Å²) in [5, 5.41) is 4.45. The van der Waals surface area contributed by atoms with Crippen LogP contribution in [0, 0.1) is 12.8 Å². The molecule has 2 aliphatic rings. The number of methoxy groups -OCH3 is 1. The van der Waals surface area contributed by atoms with Gasteiger partial charge in [-0.2, -0.15) is 0 Å². The Balaban J connectivity index is 1.52. The highest BCUT2D eigenvalue weighted by atomic mass is 16.5. The van der Waals surface area contributed by atoms with Gasteiger partial charge in [-0.05, 0) is 85.5 Å². The van der Waals surface area contributed by atoms with Gasteiger partial charge in [0, 0.05) is 17.1 Å². The maximum Gasteiger partial charge on any atom is 0.252 e. The lowest BCUT2D eigenvalue weighted by atomic mass is 9.95. The number of aryl methyl sites for hydroxylation is 1. The van der Waals surface area contributed by atoms with Gasteiger partial charge in [-0.25, -0.2) is 0 Å². The molecule has 2 fully saturated rings.